The van der Waals surface area contributed by atoms with Crippen molar-refractivity contribution >= 4 is 29.9 Å². The van der Waals surface area contributed by atoms with Crippen molar-refractivity contribution in [1.29, 1.82) is 0 Å². The standard InChI is InChI=1S/C24H42N6.HI/c1-4-25-24(26-19-22(3)20-28-13-11-27(5-2)12-14-28)30-17-15-29(16-18-30)21-23-9-7-6-8-10-23;/h6-10,22H,4-5,11-21H2,1-3H3,(H,25,26);1H. The fourth-order valence-electron chi connectivity index (χ4n) is 4.41. The number of halogens is 1. The Kier molecular flexibility index (Phi) is 12.1. The zero-order valence-corrected chi connectivity index (χ0v) is 22.1. The molecule has 1 atom stereocenters. The number of piperazine rings is 2. The van der Waals surface area contributed by atoms with Gasteiger partial charge in [-0.2, -0.15) is 0 Å². The molecular formula is C24H43IN6. The molecule has 0 bridgehead atoms. The molecule has 176 valence electrons. The highest BCUT2D eigenvalue weighted by Gasteiger charge is 2.21. The highest BCUT2D eigenvalue weighted by Crippen LogP contribution is 2.10. The zero-order valence-electron chi connectivity index (χ0n) is 19.8. The third-order valence-corrected chi connectivity index (χ3v) is 6.29. The number of aliphatic imine (C=N–C) groups is 1. The lowest BCUT2D eigenvalue weighted by Crippen LogP contribution is -2.52. The molecule has 1 aromatic carbocycles. The van der Waals surface area contributed by atoms with E-state index in [4.69, 9.17) is 4.99 Å². The van der Waals surface area contributed by atoms with Crippen LogP contribution in [-0.4, -0.2) is 104 Å². The molecular weight excluding hydrogens is 499 g/mol. The Hall–Kier alpha value is -0.900. The minimum Gasteiger partial charge on any atom is -0.357 e. The summed E-state index contributed by atoms with van der Waals surface area (Å²) in [6.07, 6.45) is 0. The molecule has 2 heterocycles. The van der Waals surface area contributed by atoms with E-state index in [1.54, 1.807) is 0 Å². The molecule has 0 saturated carbocycles. The van der Waals surface area contributed by atoms with E-state index in [1.807, 2.05) is 0 Å². The van der Waals surface area contributed by atoms with E-state index in [0.717, 1.165) is 58.3 Å². The lowest BCUT2D eigenvalue weighted by molar-refractivity contribution is 0.125. The summed E-state index contributed by atoms with van der Waals surface area (Å²) in [5.41, 5.74) is 1.40. The van der Waals surface area contributed by atoms with Crippen molar-refractivity contribution in [1.82, 2.24) is 24.9 Å². The fourth-order valence-corrected chi connectivity index (χ4v) is 4.41. The number of nitrogens with one attached hydrogen (secondary N) is 1. The van der Waals surface area contributed by atoms with Crippen molar-refractivity contribution in [2.24, 2.45) is 10.9 Å². The summed E-state index contributed by atoms with van der Waals surface area (Å²) in [5.74, 6) is 1.69. The average Bonchev–Trinajstić information content (AvgIpc) is 2.78. The Morgan fingerprint density at radius 2 is 1.52 bits per heavy atom. The van der Waals surface area contributed by atoms with Crippen molar-refractivity contribution in [2.75, 3.05) is 78.5 Å². The summed E-state index contributed by atoms with van der Waals surface area (Å²) in [4.78, 5) is 15.2. The van der Waals surface area contributed by atoms with Crippen molar-refractivity contribution in [3.8, 4) is 0 Å². The number of rotatable bonds is 8. The Bertz CT molecular complexity index is 624. The van der Waals surface area contributed by atoms with E-state index in [1.165, 1.54) is 38.3 Å². The second kappa shape index (κ2) is 14.3. The van der Waals surface area contributed by atoms with E-state index in [2.05, 4.69) is 76.0 Å². The SMILES string of the molecule is CCNC(=NCC(C)CN1CCN(CC)CC1)N1CCN(Cc2ccccc2)CC1.I. The largest absolute Gasteiger partial charge is 0.357 e. The topological polar surface area (TPSA) is 37.4 Å². The monoisotopic (exact) mass is 542 g/mol. The normalized spacial score (nSPS) is 20.4. The van der Waals surface area contributed by atoms with Gasteiger partial charge < -0.3 is 20.0 Å². The first-order chi connectivity index (χ1) is 14.7. The maximum atomic E-state index is 5.02. The first-order valence-electron chi connectivity index (χ1n) is 11.9. The first-order valence-corrected chi connectivity index (χ1v) is 11.9. The first kappa shape index (κ1) is 26.4. The van der Waals surface area contributed by atoms with Crippen LogP contribution in [0.2, 0.25) is 0 Å². The molecule has 1 aromatic rings. The van der Waals surface area contributed by atoms with Crippen LogP contribution in [0.3, 0.4) is 0 Å². The lowest BCUT2D eigenvalue weighted by Gasteiger charge is -2.37. The van der Waals surface area contributed by atoms with Gasteiger partial charge in [-0.1, -0.05) is 44.2 Å². The van der Waals surface area contributed by atoms with E-state index >= 15 is 0 Å². The van der Waals surface area contributed by atoms with Gasteiger partial charge in [0.15, 0.2) is 5.96 Å². The quantitative estimate of drug-likeness (QED) is 0.311. The lowest BCUT2D eigenvalue weighted by atomic mass is 10.1. The van der Waals surface area contributed by atoms with Crippen LogP contribution in [0.4, 0.5) is 0 Å². The van der Waals surface area contributed by atoms with Crippen molar-refractivity contribution < 1.29 is 0 Å². The van der Waals surface area contributed by atoms with Crippen LogP contribution in [-0.2, 0) is 6.54 Å². The van der Waals surface area contributed by atoms with Gasteiger partial charge in [0.25, 0.3) is 0 Å². The van der Waals surface area contributed by atoms with Crippen LogP contribution >= 0.6 is 24.0 Å². The van der Waals surface area contributed by atoms with Gasteiger partial charge in [-0.05, 0) is 24.9 Å². The maximum Gasteiger partial charge on any atom is 0.194 e. The summed E-state index contributed by atoms with van der Waals surface area (Å²) < 4.78 is 0. The highest BCUT2D eigenvalue weighted by molar-refractivity contribution is 14.0. The summed E-state index contributed by atoms with van der Waals surface area (Å²) in [7, 11) is 0. The molecule has 31 heavy (non-hydrogen) atoms. The summed E-state index contributed by atoms with van der Waals surface area (Å²) in [5, 5.41) is 3.53. The summed E-state index contributed by atoms with van der Waals surface area (Å²) >= 11 is 0. The van der Waals surface area contributed by atoms with Gasteiger partial charge in [0.2, 0.25) is 0 Å². The third kappa shape index (κ3) is 8.86. The molecule has 7 heteroatoms. The molecule has 2 aliphatic heterocycles. The smallest absolute Gasteiger partial charge is 0.194 e. The number of guanidine groups is 1. The zero-order chi connectivity index (χ0) is 21.2. The number of likely N-dealkylation sites (N-methyl/N-ethyl adjacent to an activating group) is 1. The Labute approximate surface area is 207 Å². The number of hydrogen-bond donors (Lipinski definition) is 1. The Morgan fingerprint density at radius 1 is 0.903 bits per heavy atom. The minimum atomic E-state index is 0. The molecule has 2 saturated heterocycles. The van der Waals surface area contributed by atoms with E-state index in [9.17, 15) is 0 Å². The molecule has 0 aromatic heterocycles. The van der Waals surface area contributed by atoms with Crippen molar-refractivity contribution in [3.05, 3.63) is 35.9 Å². The van der Waals surface area contributed by atoms with Gasteiger partial charge in [0.05, 0.1) is 0 Å². The van der Waals surface area contributed by atoms with Gasteiger partial charge in [0.1, 0.15) is 0 Å². The van der Waals surface area contributed by atoms with Crippen LogP contribution in [0.15, 0.2) is 35.3 Å². The number of hydrogen-bond acceptors (Lipinski definition) is 4. The van der Waals surface area contributed by atoms with Crippen LogP contribution < -0.4 is 5.32 Å². The molecule has 0 spiro atoms. The molecule has 0 radical (unpaired) electrons. The van der Waals surface area contributed by atoms with Crippen molar-refractivity contribution in [2.45, 2.75) is 27.3 Å². The summed E-state index contributed by atoms with van der Waals surface area (Å²) in [6.45, 7) is 21.1. The minimum absolute atomic E-state index is 0. The van der Waals surface area contributed by atoms with Gasteiger partial charge >= 0.3 is 0 Å². The van der Waals surface area contributed by atoms with E-state index in [-0.39, 0.29) is 24.0 Å². The van der Waals surface area contributed by atoms with Gasteiger partial charge in [-0.15, -0.1) is 24.0 Å². The molecule has 0 amide bonds. The van der Waals surface area contributed by atoms with Crippen LogP contribution in [0.5, 0.6) is 0 Å². The van der Waals surface area contributed by atoms with Crippen LogP contribution in [0, 0.1) is 5.92 Å². The molecule has 3 rings (SSSR count). The maximum absolute atomic E-state index is 5.02. The predicted molar refractivity (Wildman–Crippen MR) is 142 cm³/mol. The highest BCUT2D eigenvalue weighted by atomic mass is 127. The van der Waals surface area contributed by atoms with Crippen molar-refractivity contribution in [3.63, 3.8) is 0 Å². The molecule has 1 N–H and O–H groups in total. The molecule has 1 unspecified atom stereocenters. The second-order valence-electron chi connectivity index (χ2n) is 8.78. The molecule has 0 aliphatic carbocycles. The van der Waals surface area contributed by atoms with E-state index < -0.39 is 0 Å². The van der Waals surface area contributed by atoms with E-state index in [0.29, 0.717) is 5.92 Å². The van der Waals surface area contributed by atoms with Gasteiger partial charge in [-0.3, -0.25) is 9.89 Å². The van der Waals surface area contributed by atoms with Crippen LogP contribution in [0.25, 0.3) is 0 Å². The molecule has 6 nitrogen and oxygen atoms in total. The Morgan fingerprint density at radius 3 is 2.13 bits per heavy atom. The van der Waals surface area contributed by atoms with Gasteiger partial charge in [0, 0.05) is 78.5 Å². The molecule has 2 fully saturated rings. The van der Waals surface area contributed by atoms with Crippen LogP contribution in [0.1, 0.15) is 26.3 Å². The third-order valence-electron chi connectivity index (χ3n) is 6.29. The van der Waals surface area contributed by atoms with Gasteiger partial charge in [-0.25, -0.2) is 0 Å². The average molecular weight is 543 g/mol. The number of benzene rings is 1. The second-order valence-corrected chi connectivity index (χ2v) is 8.78. The fraction of sp³-hybridized carbons (Fsp3) is 0.708. The summed E-state index contributed by atoms with van der Waals surface area (Å²) in [6, 6.07) is 10.8. The number of nitrogens with zero attached hydrogens (tertiary/aromatic N) is 5. The molecule has 2 aliphatic rings. The predicted octanol–water partition coefficient (Wildman–Crippen LogP) is 2.66. The Balaban J connectivity index is 0.00000341.